The van der Waals surface area contributed by atoms with Crippen LogP contribution in [-0.2, 0) is 0 Å². The normalized spacial score (nSPS) is 31.5. The summed E-state index contributed by atoms with van der Waals surface area (Å²) in [5, 5.41) is 3.88. The molecule has 1 heterocycles. The van der Waals surface area contributed by atoms with Gasteiger partial charge < -0.3 is 10.2 Å². The minimum atomic E-state index is 0.504. The predicted molar refractivity (Wildman–Crippen MR) is 67.6 cm³/mol. The van der Waals surface area contributed by atoms with Crippen molar-refractivity contribution in [3.63, 3.8) is 0 Å². The van der Waals surface area contributed by atoms with Crippen molar-refractivity contribution in [2.75, 3.05) is 26.2 Å². The Balaban J connectivity index is 1.62. The topological polar surface area (TPSA) is 15.3 Å². The standard InChI is InChI=1S/C14H26N2/c1-2-7-14(8-3-1)12-16(10-4-9-15-14)11-13-5-6-13/h13,15H,1-12H2. The minimum Gasteiger partial charge on any atom is -0.310 e. The molecule has 2 heteroatoms. The van der Waals surface area contributed by atoms with Crippen molar-refractivity contribution in [2.24, 2.45) is 5.92 Å². The maximum atomic E-state index is 3.88. The first-order chi connectivity index (χ1) is 7.86. The van der Waals surface area contributed by atoms with Crippen LogP contribution in [0.3, 0.4) is 0 Å². The van der Waals surface area contributed by atoms with E-state index >= 15 is 0 Å². The van der Waals surface area contributed by atoms with Gasteiger partial charge in [0.05, 0.1) is 0 Å². The van der Waals surface area contributed by atoms with Gasteiger partial charge in [-0.1, -0.05) is 19.3 Å². The summed E-state index contributed by atoms with van der Waals surface area (Å²) >= 11 is 0. The summed E-state index contributed by atoms with van der Waals surface area (Å²) in [6.07, 6.45) is 11.6. The van der Waals surface area contributed by atoms with Gasteiger partial charge in [-0.05, 0) is 51.1 Å². The Bertz CT molecular complexity index is 229. The molecule has 3 rings (SSSR count). The van der Waals surface area contributed by atoms with Crippen LogP contribution in [0.25, 0.3) is 0 Å². The fraction of sp³-hybridized carbons (Fsp3) is 1.00. The van der Waals surface area contributed by atoms with Crippen molar-refractivity contribution in [2.45, 2.75) is 56.9 Å². The Morgan fingerprint density at radius 2 is 1.88 bits per heavy atom. The second kappa shape index (κ2) is 4.66. The number of rotatable bonds is 2. The van der Waals surface area contributed by atoms with E-state index in [0.29, 0.717) is 5.54 Å². The molecular weight excluding hydrogens is 196 g/mol. The van der Waals surface area contributed by atoms with Crippen molar-refractivity contribution < 1.29 is 0 Å². The molecule has 2 aliphatic carbocycles. The van der Waals surface area contributed by atoms with E-state index in [-0.39, 0.29) is 0 Å². The molecule has 1 aliphatic heterocycles. The molecule has 2 saturated carbocycles. The Kier molecular flexibility index (Phi) is 3.21. The summed E-state index contributed by atoms with van der Waals surface area (Å²) in [5.74, 6) is 1.05. The van der Waals surface area contributed by atoms with Crippen molar-refractivity contribution in [1.82, 2.24) is 10.2 Å². The highest BCUT2D eigenvalue weighted by atomic mass is 15.2. The van der Waals surface area contributed by atoms with Gasteiger partial charge in [-0.2, -0.15) is 0 Å². The van der Waals surface area contributed by atoms with Crippen molar-refractivity contribution >= 4 is 0 Å². The zero-order chi connectivity index (χ0) is 10.8. The van der Waals surface area contributed by atoms with Crippen LogP contribution >= 0.6 is 0 Å². The second-order valence-electron chi connectivity index (χ2n) is 6.30. The average molecular weight is 222 g/mol. The van der Waals surface area contributed by atoms with Crippen LogP contribution in [-0.4, -0.2) is 36.6 Å². The van der Waals surface area contributed by atoms with Crippen LogP contribution < -0.4 is 5.32 Å². The molecule has 1 N–H and O–H groups in total. The fourth-order valence-electron chi connectivity index (χ4n) is 3.60. The van der Waals surface area contributed by atoms with Gasteiger partial charge in [-0.15, -0.1) is 0 Å². The van der Waals surface area contributed by atoms with E-state index in [2.05, 4.69) is 10.2 Å². The van der Waals surface area contributed by atoms with Gasteiger partial charge in [0.2, 0.25) is 0 Å². The maximum Gasteiger partial charge on any atom is 0.0308 e. The van der Waals surface area contributed by atoms with E-state index in [1.807, 2.05) is 0 Å². The Hall–Kier alpha value is -0.0800. The molecule has 92 valence electrons. The van der Waals surface area contributed by atoms with Crippen molar-refractivity contribution in [3.8, 4) is 0 Å². The molecule has 3 aliphatic rings. The summed E-state index contributed by atoms with van der Waals surface area (Å²) in [7, 11) is 0. The number of nitrogens with one attached hydrogen (secondary N) is 1. The molecular formula is C14H26N2. The number of hydrogen-bond acceptors (Lipinski definition) is 2. The molecule has 0 radical (unpaired) electrons. The number of nitrogens with zero attached hydrogens (tertiary/aromatic N) is 1. The zero-order valence-electron chi connectivity index (χ0n) is 10.5. The van der Waals surface area contributed by atoms with Crippen LogP contribution in [0.1, 0.15) is 51.4 Å². The summed E-state index contributed by atoms with van der Waals surface area (Å²) in [4.78, 5) is 2.77. The summed E-state index contributed by atoms with van der Waals surface area (Å²) in [6, 6.07) is 0. The first kappa shape index (κ1) is 11.0. The molecule has 1 saturated heterocycles. The molecule has 3 fully saturated rings. The molecule has 0 amide bonds. The van der Waals surface area contributed by atoms with Gasteiger partial charge in [-0.25, -0.2) is 0 Å². The first-order valence-corrected chi connectivity index (χ1v) is 7.34. The molecule has 0 bridgehead atoms. The van der Waals surface area contributed by atoms with Crippen LogP contribution in [0, 0.1) is 5.92 Å². The van der Waals surface area contributed by atoms with Crippen molar-refractivity contribution in [3.05, 3.63) is 0 Å². The lowest BCUT2D eigenvalue weighted by molar-refractivity contribution is 0.160. The molecule has 0 aromatic heterocycles. The van der Waals surface area contributed by atoms with Gasteiger partial charge >= 0.3 is 0 Å². The zero-order valence-corrected chi connectivity index (χ0v) is 10.5. The Morgan fingerprint density at radius 3 is 2.62 bits per heavy atom. The van der Waals surface area contributed by atoms with Crippen LogP contribution in [0.15, 0.2) is 0 Å². The molecule has 0 aromatic rings. The maximum absolute atomic E-state index is 3.88. The van der Waals surface area contributed by atoms with Gasteiger partial charge in [0.15, 0.2) is 0 Å². The highest BCUT2D eigenvalue weighted by Crippen LogP contribution is 2.33. The summed E-state index contributed by atoms with van der Waals surface area (Å²) in [5.41, 5.74) is 0.504. The largest absolute Gasteiger partial charge is 0.310 e. The third-order valence-corrected chi connectivity index (χ3v) is 4.70. The molecule has 0 aromatic carbocycles. The molecule has 1 spiro atoms. The third-order valence-electron chi connectivity index (χ3n) is 4.70. The van der Waals surface area contributed by atoms with E-state index < -0.39 is 0 Å². The molecule has 2 nitrogen and oxygen atoms in total. The van der Waals surface area contributed by atoms with Gasteiger partial charge in [-0.3, -0.25) is 0 Å². The monoisotopic (exact) mass is 222 g/mol. The van der Waals surface area contributed by atoms with E-state index in [4.69, 9.17) is 0 Å². The average Bonchev–Trinajstić information content (AvgIpc) is 3.10. The lowest BCUT2D eigenvalue weighted by Gasteiger charge is -2.40. The van der Waals surface area contributed by atoms with Crippen molar-refractivity contribution in [1.29, 1.82) is 0 Å². The van der Waals surface area contributed by atoms with Gasteiger partial charge in [0, 0.05) is 18.6 Å². The quantitative estimate of drug-likeness (QED) is 0.772. The highest BCUT2D eigenvalue weighted by molar-refractivity contribution is 4.96. The first-order valence-electron chi connectivity index (χ1n) is 7.34. The molecule has 0 atom stereocenters. The smallest absolute Gasteiger partial charge is 0.0308 e. The fourth-order valence-corrected chi connectivity index (χ4v) is 3.60. The SMILES string of the molecule is C1CCC2(CC1)CN(CC1CC1)CCCN2. The summed E-state index contributed by atoms with van der Waals surface area (Å²) < 4.78 is 0. The van der Waals surface area contributed by atoms with Gasteiger partial charge in [0.25, 0.3) is 0 Å². The van der Waals surface area contributed by atoms with E-state index in [1.165, 1.54) is 77.5 Å². The lowest BCUT2D eigenvalue weighted by atomic mass is 9.81. The van der Waals surface area contributed by atoms with Crippen LogP contribution in [0.5, 0.6) is 0 Å². The Morgan fingerprint density at radius 1 is 1.06 bits per heavy atom. The minimum absolute atomic E-state index is 0.504. The molecule has 0 unspecified atom stereocenters. The summed E-state index contributed by atoms with van der Waals surface area (Å²) in [6.45, 7) is 5.32. The van der Waals surface area contributed by atoms with E-state index in [0.717, 1.165) is 5.92 Å². The predicted octanol–water partition coefficient (Wildman–Crippen LogP) is 2.39. The van der Waals surface area contributed by atoms with E-state index in [9.17, 15) is 0 Å². The Labute approximate surface area is 99.8 Å². The van der Waals surface area contributed by atoms with E-state index in [1.54, 1.807) is 0 Å². The third kappa shape index (κ3) is 2.60. The van der Waals surface area contributed by atoms with Crippen LogP contribution in [0.4, 0.5) is 0 Å². The number of hydrogen-bond donors (Lipinski definition) is 1. The molecule has 16 heavy (non-hydrogen) atoms. The second-order valence-corrected chi connectivity index (χ2v) is 6.30. The van der Waals surface area contributed by atoms with Gasteiger partial charge in [0.1, 0.15) is 0 Å². The van der Waals surface area contributed by atoms with Crippen LogP contribution in [0.2, 0.25) is 0 Å². The lowest BCUT2D eigenvalue weighted by Crippen LogP contribution is -2.52. The highest BCUT2D eigenvalue weighted by Gasteiger charge is 2.36.